The van der Waals surface area contributed by atoms with Crippen LogP contribution in [0.4, 0.5) is 5.69 Å². The zero-order chi connectivity index (χ0) is 12.8. The third-order valence-corrected chi connectivity index (χ3v) is 3.31. The summed E-state index contributed by atoms with van der Waals surface area (Å²) < 4.78 is 4.94. The van der Waals surface area contributed by atoms with Crippen molar-refractivity contribution in [3.05, 3.63) is 29.8 Å². The monoisotopic (exact) mass is 247 g/mol. The summed E-state index contributed by atoms with van der Waals surface area (Å²) in [6, 6.07) is 8.28. The molecule has 1 heterocycles. The van der Waals surface area contributed by atoms with Crippen LogP contribution in [0.2, 0.25) is 0 Å². The lowest BCUT2D eigenvalue weighted by Gasteiger charge is -2.28. The largest absolute Gasteiger partial charge is 0.466 e. The molecule has 1 aromatic carbocycles. The average molecular weight is 247 g/mol. The molecule has 98 valence electrons. The predicted octanol–water partition coefficient (Wildman–Crippen LogP) is 2.78. The number of hydrogen-bond donors (Lipinski definition) is 0. The molecule has 0 bridgehead atoms. The molecule has 0 N–H and O–H groups in total. The molecule has 3 heteroatoms. The average Bonchev–Trinajstić information content (AvgIpc) is 2.41. The number of ether oxygens (including phenoxy) is 1. The highest BCUT2D eigenvalue weighted by molar-refractivity contribution is 5.72. The van der Waals surface area contributed by atoms with Crippen LogP contribution in [0.3, 0.4) is 0 Å². The minimum absolute atomic E-state index is 0.150. The maximum absolute atomic E-state index is 11.4. The van der Waals surface area contributed by atoms with E-state index in [4.69, 9.17) is 4.74 Å². The Morgan fingerprint density at radius 2 is 1.83 bits per heavy atom. The van der Waals surface area contributed by atoms with Crippen molar-refractivity contribution in [1.82, 2.24) is 0 Å². The summed E-state index contributed by atoms with van der Waals surface area (Å²) in [6.45, 7) is 4.58. The lowest BCUT2D eigenvalue weighted by atomic mass is 10.1. The third kappa shape index (κ3) is 3.49. The Hall–Kier alpha value is -1.51. The highest BCUT2D eigenvalue weighted by Gasteiger charge is 2.11. The van der Waals surface area contributed by atoms with E-state index in [0.717, 1.165) is 18.7 Å². The van der Waals surface area contributed by atoms with Gasteiger partial charge in [0.2, 0.25) is 0 Å². The summed E-state index contributed by atoms with van der Waals surface area (Å²) in [6.07, 6.45) is 4.28. The summed E-state index contributed by atoms with van der Waals surface area (Å²) in [5.74, 6) is -0.150. The SMILES string of the molecule is CCOC(=O)Cc1ccc(N2CCCCC2)cc1. The van der Waals surface area contributed by atoms with E-state index in [1.807, 2.05) is 19.1 Å². The quantitative estimate of drug-likeness (QED) is 0.766. The molecule has 0 amide bonds. The van der Waals surface area contributed by atoms with Crippen molar-refractivity contribution in [2.45, 2.75) is 32.6 Å². The number of piperidine rings is 1. The topological polar surface area (TPSA) is 29.5 Å². The van der Waals surface area contributed by atoms with E-state index >= 15 is 0 Å². The molecule has 1 fully saturated rings. The fraction of sp³-hybridized carbons (Fsp3) is 0.533. The molecule has 0 saturated carbocycles. The van der Waals surface area contributed by atoms with E-state index in [1.54, 1.807) is 0 Å². The molecule has 18 heavy (non-hydrogen) atoms. The fourth-order valence-electron chi connectivity index (χ4n) is 2.36. The van der Waals surface area contributed by atoms with Crippen LogP contribution in [0.1, 0.15) is 31.7 Å². The lowest BCUT2D eigenvalue weighted by Crippen LogP contribution is -2.29. The summed E-state index contributed by atoms with van der Waals surface area (Å²) >= 11 is 0. The number of carbonyl (C=O) groups excluding carboxylic acids is 1. The van der Waals surface area contributed by atoms with Crippen molar-refractivity contribution in [1.29, 1.82) is 0 Å². The van der Waals surface area contributed by atoms with Gasteiger partial charge in [0.15, 0.2) is 0 Å². The van der Waals surface area contributed by atoms with Crippen LogP contribution in [0.5, 0.6) is 0 Å². The van der Waals surface area contributed by atoms with E-state index in [-0.39, 0.29) is 5.97 Å². The van der Waals surface area contributed by atoms with Gasteiger partial charge in [0.05, 0.1) is 13.0 Å². The molecule has 0 aliphatic carbocycles. The molecule has 0 atom stereocenters. The highest BCUT2D eigenvalue weighted by Crippen LogP contribution is 2.20. The number of rotatable bonds is 4. The zero-order valence-electron chi connectivity index (χ0n) is 11.0. The summed E-state index contributed by atoms with van der Waals surface area (Å²) in [4.78, 5) is 13.8. The Kier molecular flexibility index (Phi) is 4.62. The zero-order valence-corrected chi connectivity index (χ0v) is 11.0. The van der Waals surface area contributed by atoms with E-state index in [1.165, 1.54) is 24.9 Å². The third-order valence-electron chi connectivity index (χ3n) is 3.31. The maximum Gasteiger partial charge on any atom is 0.310 e. The molecule has 1 aliphatic heterocycles. The van der Waals surface area contributed by atoms with Gasteiger partial charge in [-0.2, -0.15) is 0 Å². The van der Waals surface area contributed by atoms with E-state index in [2.05, 4.69) is 17.0 Å². The Bertz CT molecular complexity index is 380. The first-order valence-corrected chi connectivity index (χ1v) is 6.79. The van der Waals surface area contributed by atoms with Crippen molar-refractivity contribution in [3.63, 3.8) is 0 Å². The molecule has 0 radical (unpaired) electrons. The van der Waals surface area contributed by atoms with Gasteiger partial charge in [-0.15, -0.1) is 0 Å². The molecule has 0 aromatic heterocycles. The van der Waals surface area contributed by atoms with Crippen molar-refractivity contribution >= 4 is 11.7 Å². The van der Waals surface area contributed by atoms with Gasteiger partial charge in [-0.3, -0.25) is 4.79 Å². The van der Waals surface area contributed by atoms with Gasteiger partial charge < -0.3 is 9.64 Å². The second-order valence-electron chi connectivity index (χ2n) is 4.70. The molecular weight excluding hydrogens is 226 g/mol. The van der Waals surface area contributed by atoms with E-state index in [9.17, 15) is 4.79 Å². The number of nitrogens with zero attached hydrogens (tertiary/aromatic N) is 1. The van der Waals surface area contributed by atoms with Crippen LogP contribution >= 0.6 is 0 Å². The molecular formula is C15H21NO2. The molecule has 1 aromatic rings. The number of esters is 1. The normalized spacial score (nSPS) is 15.5. The van der Waals surface area contributed by atoms with Crippen molar-refractivity contribution in [2.75, 3.05) is 24.6 Å². The first-order valence-electron chi connectivity index (χ1n) is 6.79. The second-order valence-corrected chi connectivity index (χ2v) is 4.70. The predicted molar refractivity (Wildman–Crippen MR) is 72.8 cm³/mol. The van der Waals surface area contributed by atoms with E-state index in [0.29, 0.717) is 13.0 Å². The van der Waals surface area contributed by atoms with Gasteiger partial charge in [-0.05, 0) is 43.9 Å². The van der Waals surface area contributed by atoms with Crippen molar-refractivity contribution < 1.29 is 9.53 Å². The Balaban J connectivity index is 1.94. The maximum atomic E-state index is 11.4. The number of anilines is 1. The summed E-state index contributed by atoms with van der Waals surface area (Å²) in [7, 11) is 0. The van der Waals surface area contributed by atoms with Gasteiger partial charge in [0.25, 0.3) is 0 Å². The minimum Gasteiger partial charge on any atom is -0.466 e. The Morgan fingerprint density at radius 1 is 1.17 bits per heavy atom. The number of hydrogen-bond acceptors (Lipinski definition) is 3. The van der Waals surface area contributed by atoms with Crippen molar-refractivity contribution in [3.8, 4) is 0 Å². The second kappa shape index (κ2) is 6.43. The first kappa shape index (κ1) is 12.9. The van der Waals surface area contributed by atoms with Crippen LogP contribution in [0.15, 0.2) is 24.3 Å². The van der Waals surface area contributed by atoms with Gasteiger partial charge in [-0.25, -0.2) is 0 Å². The first-order chi connectivity index (χ1) is 8.79. The Morgan fingerprint density at radius 3 is 2.44 bits per heavy atom. The van der Waals surface area contributed by atoms with Gasteiger partial charge in [-0.1, -0.05) is 12.1 Å². The summed E-state index contributed by atoms with van der Waals surface area (Å²) in [5, 5.41) is 0. The van der Waals surface area contributed by atoms with Crippen LogP contribution in [-0.4, -0.2) is 25.7 Å². The molecule has 1 saturated heterocycles. The molecule has 0 spiro atoms. The molecule has 1 aliphatic rings. The molecule has 0 unspecified atom stereocenters. The summed E-state index contributed by atoms with van der Waals surface area (Å²) in [5.41, 5.74) is 2.29. The van der Waals surface area contributed by atoms with Crippen LogP contribution in [-0.2, 0) is 16.0 Å². The minimum atomic E-state index is -0.150. The number of carbonyl (C=O) groups is 1. The van der Waals surface area contributed by atoms with E-state index < -0.39 is 0 Å². The van der Waals surface area contributed by atoms with Crippen LogP contribution in [0, 0.1) is 0 Å². The van der Waals surface area contributed by atoms with Crippen LogP contribution in [0.25, 0.3) is 0 Å². The standard InChI is InChI=1S/C15H21NO2/c1-2-18-15(17)12-13-6-8-14(9-7-13)16-10-4-3-5-11-16/h6-9H,2-5,10-12H2,1H3. The Labute approximate surface area is 109 Å². The van der Waals surface area contributed by atoms with Gasteiger partial charge in [0.1, 0.15) is 0 Å². The highest BCUT2D eigenvalue weighted by atomic mass is 16.5. The van der Waals surface area contributed by atoms with Crippen molar-refractivity contribution in [2.24, 2.45) is 0 Å². The molecule has 2 rings (SSSR count). The molecule has 3 nitrogen and oxygen atoms in total. The fourth-order valence-corrected chi connectivity index (χ4v) is 2.36. The smallest absolute Gasteiger partial charge is 0.310 e. The van der Waals surface area contributed by atoms with Gasteiger partial charge >= 0.3 is 5.97 Å². The number of benzene rings is 1. The van der Waals surface area contributed by atoms with Gasteiger partial charge in [0, 0.05) is 18.8 Å². The van der Waals surface area contributed by atoms with Crippen LogP contribution < -0.4 is 4.90 Å². The lowest BCUT2D eigenvalue weighted by molar-refractivity contribution is -0.142.